The predicted molar refractivity (Wildman–Crippen MR) is 72.1 cm³/mol. The molecule has 0 saturated carbocycles. The van der Waals surface area contributed by atoms with Crippen LogP contribution in [-0.2, 0) is 14.8 Å². The SMILES string of the molecule is CCC1CN(S(=O)(=O)c2cc(F)ccc2C(=O)O)CCO1. The number of hydrogen-bond donors (Lipinski definition) is 1. The molecule has 1 fully saturated rings. The maximum atomic E-state index is 13.4. The monoisotopic (exact) mass is 317 g/mol. The number of benzene rings is 1. The summed E-state index contributed by atoms with van der Waals surface area (Å²) in [6, 6.07) is 2.63. The Bertz CT molecular complexity index is 646. The number of carbonyl (C=O) groups is 1. The molecule has 0 aromatic heterocycles. The number of carboxylic acids is 1. The van der Waals surface area contributed by atoms with E-state index in [4.69, 9.17) is 9.84 Å². The third-order valence-corrected chi connectivity index (χ3v) is 5.25. The molecule has 1 aromatic carbocycles. The average molecular weight is 317 g/mol. The molecule has 1 heterocycles. The predicted octanol–water partition coefficient (Wildman–Crippen LogP) is 1.32. The number of carboxylic acid groups (broad SMARTS) is 1. The van der Waals surface area contributed by atoms with E-state index in [1.807, 2.05) is 6.92 Å². The van der Waals surface area contributed by atoms with Crippen molar-refractivity contribution in [3.05, 3.63) is 29.6 Å². The fraction of sp³-hybridized carbons (Fsp3) is 0.462. The van der Waals surface area contributed by atoms with E-state index in [0.717, 1.165) is 22.5 Å². The minimum atomic E-state index is -4.07. The molecule has 1 aromatic rings. The van der Waals surface area contributed by atoms with Gasteiger partial charge in [-0.05, 0) is 24.6 Å². The topological polar surface area (TPSA) is 83.9 Å². The Morgan fingerprint density at radius 1 is 1.52 bits per heavy atom. The molecule has 0 aliphatic carbocycles. The van der Waals surface area contributed by atoms with Crippen LogP contribution in [0.2, 0.25) is 0 Å². The van der Waals surface area contributed by atoms with E-state index in [2.05, 4.69) is 0 Å². The molecule has 8 heteroatoms. The first kappa shape index (κ1) is 15.9. The standard InChI is InChI=1S/C13H16FNO5S/c1-2-10-8-15(5-6-20-10)21(18,19)12-7-9(14)3-4-11(12)13(16)17/h3-4,7,10H,2,5-6,8H2,1H3,(H,16,17). The second-order valence-electron chi connectivity index (χ2n) is 4.71. The molecule has 116 valence electrons. The van der Waals surface area contributed by atoms with Gasteiger partial charge in [0.15, 0.2) is 0 Å². The molecular weight excluding hydrogens is 301 g/mol. The summed E-state index contributed by atoms with van der Waals surface area (Å²) in [6.07, 6.45) is 0.399. The highest BCUT2D eigenvalue weighted by atomic mass is 32.2. The molecule has 1 unspecified atom stereocenters. The summed E-state index contributed by atoms with van der Waals surface area (Å²) >= 11 is 0. The van der Waals surface area contributed by atoms with Crippen LogP contribution in [0.15, 0.2) is 23.1 Å². The van der Waals surface area contributed by atoms with Crippen molar-refractivity contribution in [2.75, 3.05) is 19.7 Å². The summed E-state index contributed by atoms with van der Waals surface area (Å²) in [5, 5.41) is 9.09. The zero-order chi connectivity index (χ0) is 15.6. The number of ether oxygens (including phenoxy) is 1. The summed E-state index contributed by atoms with van der Waals surface area (Å²) in [4.78, 5) is 10.6. The molecule has 1 N–H and O–H groups in total. The number of nitrogens with zero attached hydrogens (tertiary/aromatic N) is 1. The molecule has 21 heavy (non-hydrogen) atoms. The number of morpholine rings is 1. The van der Waals surface area contributed by atoms with Gasteiger partial charge in [-0.15, -0.1) is 0 Å². The highest BCUT2D eigenvalue weighted by Gasteiger charge is 2.33. The number of rotatable bonds is 4. The largest absolute Gasteiger partial charge is 0.478 e. The van der Waals surface area contributed by atoms with E-state index in [1.54, 1.807) is 0 Å². The van der Waals surface area contributed by atoms with Crippen LogP contribution in [0.4, 0.5) is 4.39 Å². The van der Waals surface area contributed by atoms with Crippen molar-refractivity contribution in [3.63, 3.8) is 0 Å². The molecule has 0 amide bonds. The number of halogens is 1. The van der Waals surface area contributed by atoms with Gasteiger partial charge < -0.3 is 9.84 Å². The van der Waals surface area contributed by atoms with Crippen molar-refractivity contribution in [3.8, 4) is 0 Å². The van der Waals surface area contributed by atoms with Crippen LogP contribution in [0.1, 0.15) is 23.7 Å². The molecule has 1 aliphatic rings. The lowest BCUT2D eigenvalue weighted by Gasteiger charge is -2.31. The lowest BCUT2D eigenvalue weighted by molar-refractivity contribution is -0.00279. The van der Waals surface area contributed by atoms with Crippen LogP contribution in [-0.4, -0.2) is 49.6 Å². The summed E-state index contributed by atoms with van der Waals surface area (Å²) < 4.78 is 45.0. The van der Waals surface area contributed by atoms with Gasteiger partial charge in [0.2, 0.25) is 10.0 Å². The van der Waals surface area contributed by atoms with E-state index in [1.165, 1.54) is 0 Å². The smallest absolute Gasteiger partial charge is 0.337 e. The Morgan fingerprint density at radius 2 is 2.24 bits per heavy atom. The minimum Gasteiger partial charge on any atom is -0.478 e. The number of hydrogen-bond acceptors (Lipinski definition) is 4. The lowest BCUT2D eigenvalue weighted by Crippen LogP contribution is -2.45. The molecule has 2 rings (SSSR count). The Hall–Kier alpha value is -1.51. The lowest BCUT2D eigenvalue weighted by atomic mass is 10.2. The molecule has 0 bridgehead atoms. The van der Waals surface area contributed by atoms with Crippen molar-refractivity contribution in [2.24, 2.45) is 0 Å². The van der Waals surface area contributed by atoms with Crippen molar-refractivity contribution in [1.82, 2.24) is 4.31 Å². The van der Waals surface area contributed by atoms with Gasteiger partial charge in [-0.3, -0.25) is 0 Å². The van der Waals surface area contributed by atoms with Crippen LogP contribution in [0, 0.1) is 5.82 Å². The van der Waals surface area contributed by atoms with Gasteiger partial charge in [0, 0.05) is 13.1 Å². The average Bonchev–Trinajstić information content (AvgIpc) is 2.46. The summed E-state index contributed by atoms with van der Waals surface area (Å²) in [7, 11) is -4.07. The first-order valence-electron chi connectivity index (χ1n) is 6.51. The van der Waals surface area contributed by atoms with E-state index in [9.17, 15) is 17.6 Å². The minimum absolute atomic E-state index is 0.119. The fourth-order valence-corrected chi connectivity index (χ4v) is 3.83. The Labute approximate surface area is 122 Å². The molecule has 1 aliphatic heterocycles. The second-order valence-corrected chi connectivity index (χ2v) is 6.62. The van der Waals surface area contributed by atoms with Gasteiger partial charge >= 0.3 is 5.97 Å². The van der Waals surface area contributed by atoms with Gasteiger partial charge in [0.05, 0.1) is 23.2 Å². The normalized spacial score (nSPS) is 20.4. The van der Waals surface area contributed by atoms with Crippen molar-refractivity contribution < 1.29 is 27.4 Å². The molecular formula is C13H16FNO5S. The highest BCUT2D eigenvalue weighted by molar-refractivity contribution is 7.89. The van der Waals surface area contributed by atoms with Crippen molar-refractivity contribution >= 4 is 16.0 Å². The quantitative estimate of drug-likeness (QED) is 0.905. The van der Waals surface area contributed by atoms with Crippen LogP contribution < -0.4 is 0 Å². The zero-order valence-corrected chi connectivity index (χ0v) is 12.3. The van der Waals surface area contributed by atoms with Crippen LogP contribution in [0.5, 0.6) is 0 Å². The zero-order valence-electron chi connectivity index (χ0n) is 11.5. The van der Waals surface area contributed by atoms with E-state index < -0.39 is 32.3 Å². The first-order chi connectivity index (χ1) is 9.86. The highest BCUT2D eigenvalue weighted by Crippen LogP contribution is 2.24. The second kappa shape index (κ2) is 6.08. The maximum absolute atomic E-state index is 13.4. The van der Waals surface area contributed by atoms with E-state index in [0.29, 0.717) is 6.42 Å². The summed E-state index contributed by atoms with van der Waals surface area (Å²) in [5.74, 6) is -2.20. The summed E-state index contributed by atoms with van der Waals surface area (Å²) in [6.45, 7) is 2.35. The Morgan fingerprint density at radius 3 is 2.86 bits per heavy atom. The molecule has 1 saturated heterocycles. The maximum Gasteiger partial charge on any atom is 0.337 e. The van der Waals surface area contributed by atoms with Gasteiger partial charge in [-0.2, -0.15) is 4.31 Å². The first-order valence-corrected chi connectivity index (χ1v) is 7.95. The van der Waals surface area contributed by atoms with Crippen LogP contribution in [0.25, 0.3) is 0 Å². The van der Waals surface area contributed by atoms with Gasteiger partial charge in [-0.1, -0.05) is 6.92 Å². The van der Waals surface area contributed by atoms with Gasteiger partial charge in [0.1, 0.15) is 5.82 Å². The molecule has 6 nitrogen and oxygen atoms in total. The number of aromatic carboxylic acids is 1. The molecule has 0 radical (unpaired) electrons. The van der Waals surface area contributed by atoms with Crippen molar-refractivity contribution in [2.45, 2.75) is 24.3 Å². The Kier molecular flexibility index (Phi) is 4.60. The van der Waals surface area contributed by atoms with Gasteiger partial charge in [0.25, 0.3) is 0 Å². The number of sulfonamides is 1. The van der Waals surface area contributed by atoms with Crippen molar-refractivity contribution in [1.29, 1.82) is 0 Å². The fourth-order valence-electron chi connectivity index (χ4n) is 2.18. The summed E-state index contributed by atoms with van der Waals surface area (Å²) in [5.41, 5.74) is -0.434. The van der Waals surface area contributed by atoms with Crippen LogP contribution in [0.3, 0.4) is 0 Å². The van der Waals surface area contributed by atoms with E-state index >= 15 is 0 Å². The van der Waals surface area contributed by atoms with Crippen LogP contribution >= 0.6 is 0 Å². The third-order valence-electron chi connectivity index (χ3n) is 3.35. The molecule has 0 spiro atoms. The molecule has 1 atom stereocenters. The van der Waals surface area contributed by atoms with Gasteiger partial charge in [-0.25, -0.2) is 17.6 Å². The Balaban J connectivity index is 2.44. The van der Waals surface area contributed by atoms with E-state index in [-0.39, 0.29) is 25.8 Å². The third kappa shape index (κ3) is 3.22.